The van der Waals surface area contributed by atoms with Gasteiger partial charge in [0.05, 0.1) is 5.16 Å². The molecule has 0 spiro atoms. The number of rotatable bonds is 6. The second kappa shape index (κ2) is 6.26. The van der Waals surface area contributed by atoms with Crippen LogP contribution < -0.4 is 0 Å². The van der Waals surface area contributed by atoms with Gasteiger partial charge in [-0.15, -0.1) is 0 Å². The van der Waals surface area contributed by atoms with E-state index in [2.05, 4.69) is 30.0 Å². The van der Waals surface area contributed by atoms with E-state index in [0.29, 0.717) is 5.16 Å². The molecule has 18 heavy (non-hydrogen) atoms. The number of halogens is 6. The molecule has 1 unspecified atom stereocenters. The predicted molar refractivity (Wildman–Crippen MR) is 72.1 cm³/mol. The SMILES string of the molecule is CCCC([PH3+])(CCC)CCC.F[P-](F)(F)(F)(F)F. The van der Waals surface area contributed by atoms with Crippen LogP contribution in [0.4, 0.5) is 25.2 Å². The molecular weight excluding hydrogens is 296 g/mol. The first kappa shape index (κ1) is 20.8. The van der Waals surface area contributed by atoms with Crippen molar-refractivity contribution in [3.8, 4) is 0 Å². The molecule has 0 saturated heterocycles. The van der Waals surface area contributed by atoms with Gasteiger partial charge in [-0.05, 0) is 28.5 Å². The maximum absolute atomic E-state index is 10.7. The summed E-state index contributed by atoms with van der Waals surface area (Å²) < 4.78 is 59.2. The molecule has 0 aliphatic heterocycles. The molecule has 0 aliphatic rings. The molecule has 8 heteroatoms. The fraction of sp³-hybridized carbons (Fsp3) is 1.00. The van der Waals surface area contributed by atoms with Crippen LogP contribution in [-0.2, 0) is 0 Å². The van der Waals surface area contributed by atoms with Crippen molar-refractivity contribution in [1.82, 2.24) is 0 Å². The molecule has 0 saturated carbocycles. The van der Waals surface area contributed by atoms with E-state index in [-0.39, 0.29) is 0 Å². The Morgan fingerprint density at radius 3 is 1.00 bits per heavy atom. The third-order valence-corrected chi connectivity index (χ3v) is 3.40. The molecule has 0 bridgehead atoms. The van der Waals surface area contributed by atoms with Crippen LogP contribution in [0.2, 0.25) is 0 Å². The van der Waals surface area contributed by atoms with Crippen molar-refractivity contribution in [3.05, 3.63) is 0 Å². The number of hydrogen-bond acceptors (Lipinski definition) is 0. The van der Waals surface area contributed by atoms with Crippen molar-refractivity contribution >= 4 is 17.0 Å². The van der Waals surface area contributed by atoms with E-state index in [0.717, 1.165) is 0 Å². The standard InChI is InChI=1S/C10H23P.F6P/c1-4-7-10(11,8-5-2)9-6-3;1-7(2,3,4,5)6/h4-9,11H2,1-3H3;/q;-1/p+1. The Kier molecular flexibility index (Phi) is 7.22. The van der Waals surface area contributed by atoms with E-state index in [1.165, 1.54) is 38.5 Å². The van der Waals surface area contributed by atoms with E-state index < -0.39 is 7.81 Å². The molecular formula is C10H24F6P2. The fourth-order valence-corrected chi connectivity index (χ4v) is 3.03. The second-order valence-electron chi connectivity index (χ2n) is 4.71. The predicted octanol–water partition coefficient (Wildman–Crippen LogP) is 7.12. The molecule has 0 radical (unpaired) electrons. The van der Waals surface area contributed by atoms with Gasteiger partial charge in [-0.2, -0.15) is 0 Å². The summed E-state index contributed by atoms with van der Waals surface area (Å²) in [6, 6.07) is 0. The average molecular weight is 320 g/mol. The van der Waals surface area contributed by atoms with Crippen LogP contribution in [0.15, 0.2) is 0 Å². The van der Waals surface area contributed by atoms with Crippen molar-refractivity contribution in [1.29, 1.82) is 0 Å². The van der Waals surface area contributed by atoms with Crippen LogP contribution in [0.25, 0.3) is 0 Å². The summed E-state index contributed by atoms with van der Waals surface area (Å²) in [5, 5.41) is 0.679. The van der Waals surface area contributed by atoms with Gasteiger partial charge in [-0.3, -0.25) is 0 Å². The molecule has 0 amide bonds. The summed E-state index contributed by atoms with van der Waals surface area (Å²) in [4.78, 5) is 0. The Bertz CT molecular complexity index is 203. The minimum absolute atomic E-state index is 0.679. The Morgan fingerprint density at radius 2 is 0.889 bits per heavy atom. The molecule has 116 valence electrons. The molecule has 0 heterocycles. The van der Waals surface area contributed by atoms with Gasteiger partial charge in [-0.25, -0.2) is 0 Å². The van der Waals surface area contributed by atoms with Crippen LogP contribution in [0.1, 0.15) is 59.3 Å². The molecule has 0 aromatic carbocycles. The Labute approximate surface area is 107 Å². The van der Waals surface area contributed by atoms with Crippen LogP contribution in [0.5, 0.6) is 0 Å². The topological polar surface area (TPSA) is 0 Å². The van der Waals surface area contributed by atoms with Gasteiger partial charge in [0, 0.05) is 0 Å². The monoisotopic (exact) mass is 320 g/mol. The van der Waals surface area contributed by atoms with Gasteiger partial charge >= 0.3 is 33.0 Å². The summed E-state index contributed by atoms with van der Waals surface area (Å²) in [7, 11) is -8.42. The van der Waals surface area contributed by atoms with Crippen LogP contribution in [0.3, 0.4) is 0 Å². The van der Waals surface area contributed by atoms with E-state index in [1.54, 1.807) is 0 Å². The van der Waals surface area contributed by atoms with E-state index in [9.17, 15) is 25.2 Å². The summed E-state index contributed by atoms with van der Waals surface area (Å²) in [5.74, 6) is 0. The van der Waals surface area contributed by atoms with E-state index in [1.807, 2.05) is 0 Å². The average Bonchev–Trinajstić information content (AvgIpc) is 1.98. The Morgan fingerprint density at radius 1 is 0.722 bits per heavy atom. The van der Waals surface area contributed by atoms with Gasteiger partial charge in [0.15, 0.2) is 0 Å². The summed E-state index contributed by atoms with van der Waals surface area (Å²) in [5.41, 5.74) is 0. The quantitative estimate of drug-likeness (QED) is 0.361. The maximum atomic E-state index is 9.87. The minimum atomic E-state index is -10.7. The normalized spacial score (nSPS) is 16.5. The molecule has 0 rings (SSSR count). The Balaban J connectivity index is 0. The summed E-state index contributed by atoms with van der Waals surface area (Å²) >= 11 is 0. The van der Waals surface area contributed by atoms with Crippen LogP contribution in [-0.4, -0.2) is 5.16 Å². The van der Waals surface area contributed by atoms with Crippen molar-refractivity contribution in [2.75, 3.05) is 0 Å². The molecule has 0 aromatic rings. The zero-order valence-electron chi connectivity index (χ0n) is 11.2. The van der Waals surface area contributed by atoms with Gasteiger partial charge < -0.3 is 0 Å². The van der Waals surface area contributed by atoms with Crippen LogP contribution in [0, 0.1) is 0 Å². The molecule has 0 aliphatic carbocycles. The molecule has 0 fully saturated rings. The van der Waals surface area contributed by atoms with E-state index >= 15 is 0 Å². The summed E-state index contributed by atoms with van der Waals surface area (Å²) in [6.07, 6.45) is 8.32. The molecule has 1 atom stereocenters. The zero-order chi connectivity index (χ0) is 15.2. The Hall–Kier alpha value is 0.440. The van der Waals surface area contributed by atoms with Gasteiger partial charge in [-0.1, -0.05) is 40.0 Å². The number of hydrogen-bond donors (Lipinski definition) is 0. The molecule has 0 nitrogen and oxygen atoms in total. The third-order valence-electron chi connectivity index (χ3n) is 2.34. The van der Waals surface area contributed by atoms with Crippen molar-refractivity contribution < 1.29 is 25.2 Å². The first-order valence-corrected chi connectivity index (χ1v) is 8.79. The van der Waals surface area contributed by atoms with Crippen molar-refractivity contribution in [2.24, 2.45) is 0 Å². The molecule has 0 N–H and O–H groups in total. The first-order valence-electron chi connectivity index (χ1n) is 6.05. The van der Waals surface area contributed by atoms with E-state index in [4.69, 9.17) is 0 Å². The fourth-order valence-electron chi connectivity index (χ4n) is 1.97. The summed E-state index contributed by atoms with van der Waals surface area (Å²) in [6.45, 7) is 6.90. The second-order valence-corrected chi connectivity index (χ2v) is 8.12. The van der Waals surface area contributed by atoms with Gasteiger partial charge in [0.2, 0.25) is 0 Å². The third kappa shape index (κ3) is 25.3. The zero-order valence-corrected chi connectivity index (χ0v) is 13.5. The van der Waals surface area contributed by atoms with Crippen molar-refractivity contribution in [3.63, 3.8) is 0 Å². The van der Waals surface area contributed by atoms with Crippen molar-refractivity contribution in [2.45, 2.75) is 64.5 Å². The first-order chi connectivity index (χ1) is 7.63. The molecule has 0 aromatic heterocycles. The van der Waals surface area contributed by atoms with Gasteiger partial charge in [0.1, 0.15) is 0 Å². The van der Waals surface area contributed by atoms with Gasteiger partial charge in [0.25, 0.3) is 0 Å². The van der Waals surface area contributed by atoms with Crippen LogP contribution >= 0.6 is 17.0 Å².